The van der Waals surface area contributed by atoms with Crippen LogP contribution < -0.4 is 0 Å². The molecule has 0 radical (unpaired) electrons. The zero-order valence-electron chi connectivity index (χ0n) is 19.3. The zero-order chi connectivity index (χ0) is 22.0. The van der Waals surface area contributed by atoms with E-state index >= 15 is 0 Å². The lowest BCUT2D eigenvalue weighted by atomic mass is 10.1. The Hall–Kier alpha value is -1.72. The second-order valence-corrected chi connectivity index (χ2v) is 14.0. The lowest BCUT2D eigenvalue weighted by molar-refractivity contribution is -0.0730. The van der Waals surface area contributed by atoms with E-state index in [1.54, 1.807) is 0 Å². The molecule has 0 bridgehead atoms. The molecule has 2 aromatic rings. The van der Waals surface area contributed by atoms with Crippen molar-refractivity contribution in [2.45, 2.75) is 70.7 Å². The summed E-state index contributed by atoms with van der Waals surface area (Å²) < 4.78 is 19.2. The lowest BCUT2D eigenvalue weighted by Crippen LogP contribution is -2.49. The van der Waals surface area contributed by atoms with E-state index in [0.717, 1.165) is 17.5 Å². The fourth-order valence-corrected chi connectivity index (χ4v) is 4.24. The van der Waals surface area contributed by atoms with Crippen LogP contribution in [0.2, 0.25) is 18.1 Å². The van der Waals surface area contributed by atoms with Gasteiger partial charge in [0.15, 0.2) is 8.32 Å². The van der Waals surface area contributed by atoms with E-state index in [-0.39, 0.29) is 17.2 Å². The van der Waals surface area contributed by atoms with E-state index in [1.807, 2.05) is 42.5 Å². The van der Waals surface area contributed by atoms with Gasteiger partial charge in [0.1, 0.15) is 0 Å². The SMILES string of the molecule is C=CC[C@H](OCc1ccccc1)[C@@H](COCc1ccccc1)O[Si](C)(C)C(C)(C)C. The molecule has 0 amide bonds. The van der Waals surface area contributed by atoms with Crippen molar-refractivity contribution < 1.29 is 13.9 Å². The summed E-state index contributed by atoms with van der Waals surface area (Å²) in [6, 6.07) is 20.5. The second-order valence-electron chi connectivity index (χ2n) is 9.28. The van der Waals surface area contributed by atoms with E-state index in [4.69, 9.17) is 13.9 Å². The van der Waals surface area contributed by atoms with Crippen molar-refractivity contribution in [3.8, 4) is 0 Å². The van der Waals surface area contributed by atoms with Crippen molar-refractivity contribution in [1.29, 1.82) is 0 Å². The van der Waals surface area contributed by atoms with Gasteiger partial charge >= 0.3 is 0 Å². The van der Waals surface area contributed by atoms with Gasteiger partial charge in [-0.3, -0.25) is 0 Å². The van der Waals surface area contributed by atoms with Gasteiger partial charge in [-0.1, -0.05) is 87.5 Å². The quantitative estimate of drug-likeness (QED) is 0.277. The van der Waals surface area contributed by atoms with Gasteiger partial charge in [-0.25, -0.2) is 0 Å². The van der Waals surface area contributed by atoms with Gasteiger partial charge in [0.05, 0.1) is 32.0 Å². The smallest absolute Gasteiger partial charge is 0.192 e. The van der Waals surface area contributed by atoms with Crippen molar-refractivity contribution in [2.24, 2.45) is 0 Å². The van der Waals surface area contributed by atoms with E-state index in [1.165, 1.54) is 0 Å². The van der Waals surface area contributed by atoms with Crippen LogP contribution in [-0.4, -0.2) is 27.1 Å². The molecule has 0 aliphatic rings. The number of ether oxygens (including phenoxy) is 2. The van der Waals surface area contributed by atoms with Crippen molar-refractivity contribution >= 4 is 8.32 Å². The molecule has 0 unspecified atom stereocenters. The van der Waals surface area contributed by atoms with Crippen molar-refractivity contribution in [2.75, 3.05) is 6.61 Å². The highest BCUT2D eigenvalue weighted by atomic mass is 28.4. The first kappa shape index (κ1) is 24.5. The summed E-state index contributed by atoms with van der Waals surface area (Å²) in [6.45, 7) is 16.9. The zero-order valence-corrected chi connectivity index (χ0v) is 20.3. The Labute approximate surface area is 184 Å². The Morgan fingerprint density at radius 3 is 1.90 bits per heavy atom. The van der Waals surface area contributed by atoms with Crippen LogP contribution in [0, 0.1) is 0 Å². The maximum absolute atomic E-state index is 6.78. The summed E-state index contributed by atoms with van der Waals surface area (Å²) in [7, 11) is -1.99. The third-order valence-corrected chi connectivity index (χ3v) is 10.3. The molecule has 2 atom stereocenters. The maximum atomic E-state index is 6.78. The monoisotopic (exact) mass is 426 g/mol. The minimum absolute atomic E-state index is 0.104. The van der Waals surface area contributed by atoms with E-state index < -0.39 is 8.32 Å². The molecule has 4 heteroatoms. The molecule has 2 aromatic carbocycles. The molecule has 164 valence electrons. The van der Waals surface area contributed by atoms with Crippen molar-refractivity contribution in [3.63, 3.8) is 0 Å². The molecular formula is C26H38O3Si. The molecule has 0 N–H and O–H groups in total. The maximum Gasteiger partial charge on any atom is 0.192 e. The summed E-state index contributed by atoms with van der Waals surface area (Å²) in [5.41, 5.74) is 2.32. The molecule has 0 aliphatic heterocycles. The summed E-state index contributed by atoms with van der Waals surface area (Å²) in [5, 5.41) is 0.114. The summed E-state index contributed by atoms with van der Waals surface area (Å²) in [4.78, 5) is 0. The van der Waals surface area contributed by atoms with Gasteiger partial charge in [-0.2, -0.15) is 0 Å². The first-order valence-electron chi connectivity index (χ1n) is 10.8. The van der Waals surface area contributed by atoms with Gasteiger partial charge in [0, 0.05) is 0 Å². The highest BCUT2D eigenvalue weighted by Crippen LogP contribution is 2.38. The number of benzene rings is 2. The second kappa shape index (κ2) is 11.6. The fourth-order valence-electron chi connectivity index (χ4n) is 2.91. The predicted octanol–water partition coefficient (Wildman–Crippen LogP) is 6.76. The first-order valence-corrected chi connectivity index (χ1v) is 13.7. The van der Waals surface area contributed by atoms with Crippen LogP contribution in [0.5, 0.6) is 0 Å². The highest BCUT2D eigenvalue weighted by molar-refractivity contribution is 6.74. The molecule has 30 heavy (non-hydrogen) atoms. The molecule has 0 fully saturated rings. The normalized spacial score (nSPS) is 14.3. The van der Waals surface area contributed by atoms with Gasteiger partial charge in [-0.05, 0) is 35.7 Å². The number of hydrogen-bond donors (Lipinski definition) is 0. The van der Waals surface area contributed by atoms with Gasteiger partial charge in [0.2, 0.25) is 0 Å². The Bertz CT molecular complexity index is 738. The number of hydrogen-bond acceptors (Lipinski definition) is 3. The van der Waals surface area contributed by atoms with Crippen molar-refractivity contribution in [1.82, 2.24) is 0 Å². The molecule has 0 saturated carbocycles. The molecule has 3 nitrogen and oxygen atoms in total. The minimum atomic E-state index is -1.99. The van der Waals surface area contributed by atoms with Crippen LogP contribution in [0.15, 0.2) is 73.3 Å². The molecular weight excluding hydrogens is 388 g/mol. The largest absolute Gasteiger partial charge is 0.409 e. The van der Waals surface area contributed by atoms with E-state index in [2.05, 4.69) is 64.7 Å². The van der Waals surface area contributed by atoms with Gasteiger partial charge in [0.25, 0.3) is 0 Å². The van der Waals surface area contributed by atoms with E-state index in [9.17, 15) is 0 Å². The summed E-state index contributed by atoms with van der Waals surface area (Å²) in [6.07, 6.45) is 2.39. The molecule has 0 aliphatic carbocycles. The minimum Gasteiger partial charge on any atom is -0.409 e. The highest BCUT2D eigenvalue weighted by Gasteiger charge is 2.41. The van der Waals surface area contributed by atoms with E-state index in [0.29, 0.717) is 19.8 Å². The molecule has 0 saturated heterocycles. The van der Waals surface area contributed by atoms with Crippen LogP contribution in [0.4, 0.5) is 0 Å². The Morgan fingerprint density at radius 1 is 0.867 bits per heavy atom. The van der Waals surface area contributed by atoms with Gasteiger partial charge in [-0.15, -0.1) is 6.58 Å². The standard InChI is InChI=1S/C26H38O3Si/c1-7-14-24(28-20-23-17-12-9-13-18-23)25(29-30(5,6)26(2,3)4)21-27-19-22-15-10-8-11-16-22/h7-13,15-18,24-25H,1,14,19-21H2,2-6H3/t24-,25+/m0/s1. The first-order chi connectivity index (χ1) is 14.2. The third kappa shape index (κ3) is 7.84. The van der Waals surface area contributed by atoms with Crippen LogP contribution >= 0.6 is 0 Å². The molecule has 2 rings (SSSR count). The Balaban J connectivity index is 2.11. The Morgan fingerprint density at radius 2 is 1.40 bits per heavy atom. The summed E-state index contributed by atoms with van der Waals surface area (Å²) >= 11 is 0. The lowest BCUT2D eigenvalue weighted by Gasteiger charge is -2.41. The third-order valence-electron chi connectivity index (χ3n) is 5.77. The molecule has 0 heterocycles. The average molecular weight is 427 g/mol. The predicted molar refractivity (Wildman–Crippen MR) is 128 cm³/mol. The number of rotatable bonds is 12. The van der Waals surface area contributed by atoms with Crippen LogP contribution in [0.3, 0.4) is 0 Å². The van der Waals surface area contributed by atoms with Crippen LogP contribution in [0.25, 0.3) is 0 Å². The van der Waals surface area contributed by atoms with Crippen LogP contribution in [0.1, 0.15) is 38.3 Å². The molecule has 0 aromatic heterocycles. The van der Waals surface area contributed by atoms with Crippen LogP contribution in [-0.2, 0) is 27.1 Å². The fraction of sp³-hybridized carbons (Fsp3) is 0.462. The van der Waals surface area contributed by atoms with Crippen molar-refractivity contribution in [3.05, 3.63) is 84.4 Å². The average Bonchev–Trinajstić information content (AvgIpc) is 2.71. The molecule has 0 spiro atoms. The van der Waals surface area contributed by atoms with Gasteiger partial charge < -0.3 is 13.9 Å². The Kier molecular flexibility index (Phi) is 9.50. The topological polar surface area (TPSA) is 27.7 Å². The summed E-state index contributed by atoms with van der Waals surface area (Å²) in [5.74, 6) is 0.